The van der Waals surface area contributed by atoms with Crippen LogP contribution in [0.5, 0.6) is 0 Å². The molecule has 0 aliphatic heterocycles. The predicted octanol–water partition coefficient (Wildman–Crippen LogP) is -3.17. The summed E-state index contributed by atoms with van der Waals surface area (Å²) in [6, 6.07) is 6.82. The number of benzene rings is 1. The third-order valence-corrected chi connectivity index (χ3v) is 1.28. The Hall–Kier alpha value is 0.133. The number of hydrogen-bond acceptors (Lipinski definition) is 1. The number of rotatable bonds is 0. The van der Waals surface area contributed by atoms with Crippen molar-refractivity contribution >= 4 is 17.3 Å². The third-order valence-electron chi connectivity index (χ3n) is 0.960. The Kier molecular flexibility index (Phi) is 13.9. The number of diazo groups is 1. The summed E-state index contributed by atoms with van der Waals surface area (Å²) in [4.78, 5) is 2.94. The summed E-state index contributed by atoms with van der Waals surface area (Å²) in [5.74, 6) is 0. The van der Waals surface area contributed by atoms with Crippen LogP contribution in [0.25, 0.3) is 4.98 Å². The van der Waals surface area contributed by atoms with Crippen LogP contribution < -0.4 is 24.8 Å². The largest absolute Gasteiger partial charge is 1.00 e. The second-order valence-electron chi connectivity index (χ2n) is 1.55. The molecule has 0 atom stereocenters. The molecule has 6 heteroatoms. The Morgan fingerprint density at radius 2 is 1.67 bits per heavy atom. The van der Waals surface area contributed by atoms with Gasteiger partial charge in [0, 0.05) is 25.5 Å². The van der Waals surface area contributed by atoms with E-state index in [1.165, 1.54) is 0 Å². The van der Waals surface area contributed by atoms with Gasteiger partial charge in [-0.15, -0.1) is 0 Å². The number of halogens is 3. The van der Waals surface area contributed by atoms with Crippen LogP contribution in [0, 0.1) is 5.39 Å². The zero-order valence-corrected chi connectivity index (χ0v) is 11.3. The van der Waals surface area contributed by atoms with Crippen molar-refractivity contribution in [1.82, 2.24) is 0 Å². The smallest absolute Gasteiger partial charge is 0.403 e. The van der Waals surface area contributed by atoms with Crippen molar-refractivity contribution in [1.29, 1.82) is 5.39 Å². The fourth-order valence-corrected chi connectivity index (χ4v) is 0.706. The van der Waals surface area contributed by atoms with Crippen LogP contribution in [0.3, 0.4) is 0 Å². The van der Waals surface area contributed by atoms with E-state index in [-0.39, 0.29) is 44.3 Å². The molecule has 0 N–H and O–H groups in total. The van der Waals surface area contributed by atoms with E-state index >= 15 is 0 Å². The van der Waals surface area contributed by atoms with Crippen LogP contribution in [0.15, 0.2) is 24.3 Å². The summed E-state index contributed by atoms with van der Waals surface area (Å²) >= 11 is 5.57. The molecule has 0 heterocycles. The topological polar surface area (TPSA) is 28.1 Å². The van der Waals surface area contributed by atoms with Gasteiger partial charge in [0.25, 0.3) is 0 Å². The van der Waals surface area contributed by atoms with Gasteiger partial charge in [-0.3, -0.25) is 0 Å². The zero-order valence-electron chi connectivity index (χ0n) is 6.04. The first-order chi connectivity index (χ1) is 4.34. The van der Waals surface area contributed by atoms with E-state index in [0.29, 0.717) is 10.7 Å². The summed E-state index contributed by atoms with van der Waals surface area (Å²) in [5, 5.41) is 8.72. The molecule has 0 fully saturated rings. The number of nitrogens with zero attached hydrogens (tertiary/aromatic N) is 2. The van der Waals surface area contributed by atoms with E-state index in [1.807, 2.05) is 0 Å². The van der Waals surface area contributed by atoms with Gasteiger partial charge in [0.05, 0.1) is 0 Å². The molecule has 0 unspecified atom stereocenters. The van der Waals surface area contributed by atoms with Gasteiger partial charge in [-0.05, 0) is 6.07 Å². The minimum absolute atomic E-state index is 0. The van der Waals surface area contributed by atoms with Crippen molar-refractivity contribution in [3.63, 3.8) is 0 Å². The minimum atomic E-state index is 0. The molecule has 1 rings (SSSR count). The van der Waals surface area contributed by atoms with E-state index in [0.717, 1.165) is 0 Å². The van der Waals surface area contributed by atoms with Gasteiger partial charge in [-0.2, -0.15) is 0 Å². The van der Waals surface area contributed by atoms with Crippen LogP contribution in [0.4, 0.5) is 5.69 Å². The third kappa shape index (κ3) is 4.90. The molecule has 1 aromatic carbocycles. The molecule has 0 bridgehead atoms. The fourth-order valence-electron chi connectivity index (χ4n) is 0.533. The Morgan fingerprint density at radius 3 is 2.00 bits per heavy atom. The standard InChI is InChI=1S/C6H4ClN2.2ClH.Zn/c7-5-3-1-2-4-6(5)9-8;;;/h1-4H;2*1H;/q+1;;;/p-2. The molecule has 12 heavy (non-hydrogen) atoms. The summed E-state index contributed by atoms with van der Waals surface area (Å²) < 4.78 is 0. The van der Waals surface area contributed by atoms with Crippen LogP contribution in [-0.4, -0.2) is 0 Å². The Balaban J connectivity index is -0.000000270. The molecular weight excluding hydrogens is 272 g/mol. The van der Waals surface area contributed by atoms with E-state index in [9.17, 15) is 0 Å². The van der Waals surface area contributed by atoms with Gasteiger partial charge in [-0.1, -0.05) is 23.7 Å². The summed E-state index contributed by atoms with van der Waals surface area (Å²) in [7, 11) is 0. The van der Waals surface area contributed by atoms with Crippen molar-refractivity contribution in [3.8, 4) is 0 Å². The monoisotopic (exact) mass is 273 g/mol. The van der Waals surface area contributed by atoms with Crippen molar-refractivity contribution in [2.75, 3.05) is 0 Å². The maximum atomic E-state index is 8.26. The normalized spacial score (nSPS) is 6.33. The van der Waals surface area contributed by atoms with Crippen LogP contribution in [0.2, 0.25) is 5.02 Å². The average molecular weight is 276 g/mol. The first kappa shape index (κ1) is 18.0. The molecule has 0 aromatic heterocycles. The quantitative estimate of drug-likeness (QED) is 0.363. The van der Waals surface area contributed by atoms with Gasteiger partial charge in [0.1, 0.15) is 5.02 Å². The van der Waals surface area contributed by atoms with Gasteiger partial charge >= 0.3 is 5.69 Å². The summed E-state index contributed by atoms with van der Waals surface area (Å²) in [6.07, 6.45) is 0. The molecule has 2 nitrogen and oxygen atoms in total. The molecule has 0 radical (unpaired) electrons. The van der Waals surface area contributed by atoms with Crippen LogP contribution in [0.1, 0.15) is 0 Å². The molecule has 62 valence electrons. The second kappa shape index (κ2) is 9.22. The Morgan fingerprint density at radius 1 is 1.17 bits per heavy atom. The van der Waals surface area contributed by atoms with Crippen molar-refractivity contribution < 1.29 is 44.3 Å². The first-order valence-corrected chi connectivity index (χ1v) is 2.82. The van der Waals surface area contributed by atoms with Gasteiger partial charge in [-0.25, -0.2) is 0 Å². The zero-order chi connectivity index (χ0) is 6.69. The van der Waals surface area contributed by atoms with E-state index in [1.54, 1.807) is 24.3 Å². The molecule has 0 saturated heterocycles. The van der Waals surface area contributed by atoms with Crippen molar-refractivity contribution in [2.45, 2.75) is 0 Å². The molecule has 0 aliphatic carbocycles. The van der Waals surface area contributed by atoms with E-state index < -0.39 is 0 Å². The van der Waals surface area contributed by atoms with Gasteiger partial charge < -0.3 is 24.8 Å². The summed E-state index contributed by atoms with van der Waals surface area (Å²) in [6.45, 7) is 0. The molecule has 0 saturated carbocycles. The average Bonchev–Trinajstić information content (AvgIpc) is 1.89. The maximum Gasteiger partial charge on any atom is 0.403 e. The molecule has 0 amide bonds. The van der Waals surface area contributed by atoms with Gasteiger partial charge in [0.2, 0.25) is 5.39 Å². The van der Waals surface area contributed by atoms with Crippen molar-refractivity contribution in [3.05, 3.63) is 34.3 Å². The second-order valence-corrected chi connectivity index (χ2v) is 1.96. The SMILES string of the molecule is N#[N+]c1ccccc1Cl.[Cl-].[Cl-].[Zn]. The Labute approximate surface area is 101 Å². The van der Waals surface area contributed by atoms with E-state index in [4.69, 9.17) is 17.0 Å². The molecule has 0 spiro atoms. The van der Waals surface area contributed by atoms with Crippen LogP contribution in [-0.2, 0) is 19.5 Å². The summed E-state index contributed by atoms with van der Waals surface area (Å²) in [5.41, 5.74) is 0.402. The van der Waals surface area contributed by atoms with Crippen molar-refractivity contribution in [2.24, 2.45) is 0 Å². The minimum Gasteiger partial charge on any atom is -1.00 e. The number of hydrogen-bond donors (Lipinski definition) is 0. The van der Waals surface area contributed by atoms with Gasteiger partial charge in [0.15, 0.2) is 4.98 Å². The first-order valence-electron chi connectivity index (χ1n) is 2.44. The van der Waals surface area contributed by atoms with Crippen LogP contribution >= 0.6 is 11.6 Å². The molecular formula is C6H4Cl3N2Zn-. The van der Waals surface area contributed by atoms with E-state index in [2.05, 4.69) is 4.98 Å². The Bertz CT molecular complexity index is 261. The molecule has 1 aromatic rings. The predicted molar refractivity (Wildman–Crippen MR) is 36.2 cm³/mol. The maximum absolute atomic E-state index is 8.26. The molecule has 0 aliphatic rings. The fraction of sp³-hybridized carbons (Fsp3) is 0.